The van der Waals surface area contributed by atoms with Gasteiger partial charge in [-0.1, -0.05) is 11.6 Å². The highest BCUT2D eigenvalue weighted by atomic mass is 35.5. The van der Waals surface area contributed by atoms with Crippen molar-refractivity contribution in [3.8, 4) is 11.5 Å². The van der Waals surface area contributed by atoms with E-state index in [0.29, 0.717) is 29.2 Å². The Kier molecular flexibility index (Phi) is 8.59. The highest BCUT2D eigenvalue weighted by molar-refractivity contribution is 7.93. The number of halogens is 4. The number of sulfonamides is 1. The van der Waals surface area contributed by atoms with Gasteiger partial charge in [-0.25, -0.2) is 22.1 Å². The summed E-state index contributed by atoms with van der Waals surface area (Å²) >= 11 is 20.7. The monoisotopic (exact) mass is 662 g/mol. The maximum Gasteiger partial charge on any atom is 0.269 e. The van der Waals surface area contributed by atoms with Crippen LogP contribution in [0.5, 0.6) is 11.5 Å². The number of aromatic nitrogens is 1. The fourth-order valence-corrected chi connectivity index (χ4v) is 9.04. The van der Waals surface area contributed by atoms with Crippen LogP contribution in [-0.4, -0.2) is 63.0 Å². The van der Waals surface area contributed by atoms with E-state index in [-0.39, 0.29) is 40.6 Å². The highest BCUT2D eigenvalue weighted by Gasteiger charge is 2.66. The molecular formula is C27H30Cl3FN4O4S2. The topological polar surface area (TPSA) is 84.0 Å². The summed E-state index contributed by atoms with van der Waals surface area (Å²) < 4.78 is 54.6. The van der Waals surface area contributed by atoms with Crippen molar-refractivity contribution < 1.29 is 22.3 Å². The molecule has 2 aromatic carbocycles. The number of likely N-dealkylation sites (N-methyl/N-ethyl adjacent to an activating group) is 1. The number of nitrogens with zero attached hydrogens (tertiary/aromatic N) is 3. The van der Waals surface area contributed by atoms with E-state index < -0.39 is 25.1 Å². The fourth-order valence-electron chi connectivity index (χ4n) is 5.57. The van der Waals surface area contributed by atoms with Gasteiger partial charge in [0.2, 0.25) is 0 Å². The Morgan fingerprint density at radius 1 is 1.15 bits per heavy atom. The van der Waals surface area contributed by atoms with Gasteiger partial charge >= 0.3 is 0 Å². The lowest BCUT2D eigenvalue weighted by atomic mass is 9.89. The molecule has 1 N–H and O–H groups in total. The smallest absolute Gasteiger partial charge is 0.269 e. The molecule has 2 aliphatic carbocycles. The largest absolute Gasteiger partial charge is 0.497 e. The molecule has 14 heteroatoms. The number of hydrogen-bond donors (Lipinski definition) is 1. The minimum Gasteiger partial charge on any atom is -0.497 e. The summed E-state index contributed by atoms with van der Waals surface area (Å²) in [5.41, 5.74) is 0.836. The maximum atomic E-state index is 15.7. The predicted octanol–water partition coefficient (Wildman–Crippen LogP) is 6.27. The van der Waals surface area contributed by atoms with Gasteiger partial charge in [0.15, 0.2) is 5.13 Å². The number of thiazole rings is 1. The Bertz CT molecular complexity index is 1520. The average Bonchev–Trinajstić information content (AvgIpc) is 3.24. The average molecular weight is 664 g/mol. The normalized spacial score (nSPS) is 23.1. The first-order valence-electron chi connectivity index (χ1n) is 12.8. The van der Waals surface area contributed by atoms with E-state index >= 15 is 4.39 Å². The highest BCUT2D eigenvalue weighted by Crippen LogP contribution is 2.65. The van der Waals surface area contributed by atoms with Crippen molar-refractivity contribution >= 4 is 67.0 Å². The van der Waals surface area contributed by atoms with E-state index in [1.807, 2.05) is 14.1 Å². The van der Waals surface area contributed by atoms with Crippen LogP contribution >= 0.6 is 46.1 Å². The van der Waals surface area contributed by atoms with Crippen LogP contribution in [0.15, 0.2) is 46.8 Å². The van der Waals surface area contributed by atoms with E-state index in [1.54, 1.807) is 23.6 Å². The predicted molar refractivity (Wildman–Crippen MR) is 162 cm³/mol. The molecule has 1 heterocycles. The second-order valence-corrected chi connectivity index (χ2v) is 15.0. The number of hydrogen-bond acceptors (Lipinski definition) is 8. The first kappa shape index (κ1) is 30.4. The number of rotatable bonds is 10. The first-order valence-corrected chi connectivity index (χ1v) is 16.3. The van der Waals surface area contributed by atoms with Crippen LogP contribution in [-0.2, 0) is 16.6 Å². The maximum absolute atomic E-state index is 15.7. The zero-order valence-electron chi connectivity index (χ0n) is 22.8. The second kappa shape index (κ2) is 11.6. The van der Waals surface area contributed by atoms with Gasteiger partial charge in [-0.3, -0.25) is 0 Å². The Hall–Kier alpha value is -2.02. The van der Waals surface area contributed by atoms with Gasteiger partial charge in [-0.2, -0.15) is 0 Å². The molecule has 0 aliphatic heterocycles. The number of benzene rings is 2. The number of alkyl halides is 2. The molecule has 4 atom stereocenters. The van der Waals surface area contributed by atoms with Crippen molar-refractivity contribution in [3.05, 3.63) is 58.3 Å². The number of nitrogens with one attached hydrogen (secondary N) is 1. The van der Waals surface area contributed by atoms with Crippen LogP contribution < -0.4 is 19.1 Å². The summed E-state index contributed by atoms with van der Waals surface area (Å²) in [6.07, 6.45) is 2.95. The standard InChI is InChI=1S/C27H30Cl3FN4O4S2/c1-34(2)23-11-18-17(27(18,29)30)10-22(23)33-21-13-20(31)25(12-19(21)28)41(36,37)35(26-32-7-8-40-26)14-15-5-6-16(38-3)9-24(15)39-4/h5-9,12-13,17-18,22-23,33H,10-11,14H2,1-4H3/t17-,18+,22-,23-/m0/s1. The van der Waals surface area contributed by atoms with Crippen molar-refractivity contribution in [3.63, 3.8) is 0 Å². The molecule has 3 aromatic rings. The Balaban J connectivity index is 1.46. The lowest BCUT2D eigenvalue weighted by Crippen LogP contribution is -2.46. The van der Waals surface area contributed by atoms with Crippen LogP contribution in [0.2, 0.25) is 5.02 Å². The third-order valence-electron chi connectivity index (χ3n) is 7.87. The molecule has 0 spiro atoms. The van der Waals surface area contributed by atoms with Crippen molar-refractivity contribution in [1.29, 1.82) is 0 Å². The summed E-state index contributed by atoms with van der Waals surface area (Å²) in [6.45, 7) is -0.159. The summed E-state index contributed by atoms with van der Waals surface area (Å²) in [5.74, 6) is 0.356. The lowest BCUT2D eigenvalue weighted by Gasteiger charge is -2.36. The van der Waals surface area contributed by atoms with E-state index in [2.05, 4.69) is 15.2 Å². The molecule has 0 amide bonds. The Labute approximate surface area is 258 Å². The Morgan fingerprint density at radius 3 is 2.51 bits per heavy atom. The van der Waals surface area contributed by atoms with Gasteiger partial charge in [0.25, 0.3) is 10.0 Å². The van der Waals surface area contributed by atoms with Crippen LogP contribution in [0.3, 0.4) is 0 Å². The number of fused-ring (bicyclic) bond motifs is 1. The van der Waals surface area contributed by atoms with E-state index in [1.165, 1.54) is 20.4 Å². The SMILES string of the molecule is COc1ccc(CN(c2nccs2)S(=O)(=O)c2cc(Cl)c(N[C@H]3C[C@H]4[C@@H](C[C@@H]3N(C)C)C4(Cl)Cl)cc2F)c(OC)c1. The third-order valence-corrected chi connectivity index (χ3v) is 12.0. The molecule has 8 nitrogen and oxygen atoms in total. The summed E-state index contributed by atoms with van der Waals surface area (Å²) in [4.78, 5) is 5.71. The molecule has 41 heavy (non-hydrogen) atoms. The molecule has 0 saturated heterocycles. The van der Waals surface area contributed by atoms with Gasteiger partial charge in [0.1, 0.15) is 26.5 Å². The molecule has 0 unspecified atom stereocenters. The number of methoxy groups -OCH3 is 2. The number of anilines is 2. The van der Waals surface area contributed by atoms with Crippen LogP contribution in [0.4, 0.5) is 15.2 Å². The molecule has 5 rings (SSSR count). The molecular weight excluding hydrogens is 634 g/mol. The van der Waals surface area contributed by atoms with Crippen molar-refractivity contribution in [2.24, 2.45) is 11.8 Å². The van der Waals surface area contributed by atoms with Gasteiger partial charge in [0, 0.05) is 35.3 Å². The summed E-state index contributed by atoms with van der Waals surface area (Å²) in [5, 5.41) is 5.23. The lowest BCUT2D eigenvalue weighted by molar-refractivity contribution is 0.204. The third kappa shape index (κ3) is 5.81. The molecule has 1 aromatic heterocycles. The summed E-state index contributed by atoms with van der Waals surface area (Å²) in [7, 11) is 2.49. The van der Waals surface area contributed by atoms with Gasteiger partial charge in [0.05, 0.1) is 31.5 Å². The summed E-state index contributed by atoms with van der Waals surface area (Å²) in [6, 6.07) is 7.27. The molecule has 222 valence electrons. The van der Waals surface area contributed by atoms with Gasteiger partial charge in [-0.15, -0.1) is 34.5 Å². The minimum atomic E-state index is -4.44. The zero-order chi connectivity index (χ0) is 29.7. The van der Waals surface area contributed by atoms with E-state index in [9.17, 15) is 8.42 Å². The zero-order valence-corrected chi connectivity index (χ0v) is 26.7. The van der Waals surface area contributed by atoms with E-state index in [0.717, 1.165) is 34.2 Å². The first-order chi connectivity index (χ1) is 19.4. The van der Waals surface area contributed by atoms with Gasteiger partial charge in [-0.05, 0) is 63.0 Å². The van der Waals surface area contributed by atoms with Gasteiger partial charge < -0.3 is 19.7 Å². The Morgan fingerprint density at radius 2 is 1.88 bits per heavy atom. The second-order valence-electron chi connectivity index (χ2n) is 10.4. The van der Waals surface area contributed by atoms with Crippen molar-refractivity contribution in [2.45, 2.75) is 40.7 Å². The molecule has 2 saturated carbocycles. The van der Waals surface area contributed by atoms with Crippen LogP contribution in [0.1, 0.15) is 18.4 Å². The molecule has 0 radical (unpaired) electrons. The molecule has 0 bridgehead atoms. The van der Waals surface area contributed by atoms with Crippen molar-refractivity contribution in [2.75, 3.05) is 37.9 Å². The minimum absolute atomic E-state index is 0.0736. The van der Waals surface area contributed by atoms with E-state index in [4.69, 9.17) is 44.3 Å². The van der Waals surface area contributed by atoms with Crippen LogP contribution in [0.25, 0.3) is 0 Å². The quantitative estimate of drug-likeness (QED) is 0.256. The number of ether oxygens (including phenoxy) is 2. The molecule has 2 fully saturated rings. The fraction of sp³-hybridized carbons (Fsp3) is 0.444. The molecule has 2 aliphatic rings. The van der Waals surface area contributed by atoms with Crippen molar-refractivity contribution in [1.82, 2.24) is 9.88 Å². The van der Waals surface area contributed by atoms with Crippen LogP contribution in [0, 0.1) is 17.7 Å².